The van der Waals surface area contributed by atoms with Gasteiger partial charge < -0.3 is 19.9 Å². The lowest BCUT2D eigenvalue weighted by Crippen LogP contribution is -2.50. The van der Waals surface area contributed by atoms with E-state index in [1.165, 1.54) is 18.4 Å². The summed E-state index contributed by atoms with van der Waals surface area (Å²) in [5, 5.41) is 3.54. The van der Waals surface area contributed by atoms with Crippen LogP contribution in [0.15, 0.2) is 35.3 Å². The van der Waals surface area contributed by atoms with E-state index in [2.05, 4.69) is 71.4 Å². The number of guanidine groups is 1. The van der Waals surface area contributed by atoms with Gasteiger partial charge in [0.15, 0.2) is 5.96 Å². The first-order valence-electron chi connectivity index (χ1n) is 11.2. The van der Waals surface area contributed by atoms with Crippen molar-refractivity contribution in [2.45, 2.75) is 44.5 Å². The van der Waals surface area contributed by atoms with Crippen LogP contribution in [0.2, 0.25) is 0 Å². The zero-order valence-corrected chi connectivity index (χ0v) is 18.3. The van der Waals surface area contributed by atoms with Crippen molar-refractivity contribution >= 4 is 5.96 Å². The van der Waals surface area contributed by atoms with Gasteiger partial charge in [0.2, 0.25) is 0 Å². The Morgan fingerprint density at radius 1 is 1.24 bits per heavy atom. The number of nitrogens with one attached hydrogen (secondary N) is 1. The average Bonchev–Trinajstić information content (AvgIpc) is 3.45. The molecule has 2 saturated heterocycles. The number of aliphatic imine (C=N–C) groups is 1. The molecule has 0 aromatic heterocycles. The molecule has 0 radical (unpaired) electrons. The molecule has 0 amide bonds. The number of hydrogen-bond donors (Lipinski definition) is 1. The summed E-state index contributed by atoms with van der Waals surface area (Å²) < 4.78 is 6.17. The molecule has 29 heavy (non-hydrogen) atoms. The van der Waals surface area contributed by atoms with E-state index >= 15 is 0 Å². The van der Waals surface area contributed by atoms with Gasteiger partial charge in [0.05, 0.1) is 25.3 Å². The van der Waals surface area contributed by atoms with E-state index in [-0.39, 0.29) is 6.10 Å². The van der Waals surface area contributed by atoms with Crippen LogP contribution in [-0.2, 0) is 11.3 Å². The Labute approximate surface area is 175 Å². The fourth-order valence-electron chi connectivity index (χ4n) is 4.77. The topological polar surface area (TPSA) is 43.3 Å². The Kier molecular flexibility index (Phi) is 6.73. The Hall–Kier alpha value is -1.63. The third kappa shape index (κ3) is 5.11. The highest BCUT2D eigenvalue weighted by Crippen LogP contribution is 2.34. The second-order valence-electron chi connectivity index (χ2n) is 8.90. The zero-order valence-electron chi connectivity index (χ0n) is 18.3. The average molecular weight is 400 g/mol. The SMILES string of the molecule is CCNC(=NCC(C1CC1)N(C)C)N1CC2OCCN(Cc3ccccc3)C2C1. The van der Waals surface area contributed by atoms with Gasteiger partial charge in [-0.1, -0.05) is 30.3 Å². The number of likely N-dealkylation sites (tertiary alicyclic amines) is 1. The minimum absolute atomic E-state index is 0.268. The predicted molar refractivity (Wildman–Crippen MR) is 118 cm³/mol. The number of morpholine rings is 1. The van der Waals surface area contributed by atoms with Gasteiger partial charge in [-0.2, -0.15) is 0 Å². The molecule has 0 bridgehead atoms. The molecule has 3 unspecified atom stereocenters. The molecule has 4 rings (SSSR count). The molecule has 1 N–H and O–H groups in total. The second kappa shape index (κ2) is 9.45. The fourth-order valence-corrected chi connectivity index (χ4v) is 4.77. The Morgan fingerprint density at radius 3 is 2.72 bits per heavy atom. The van der Waals surface area contributed by atoms with Gasteiger partial charge in [-0.15, -0.1) is 0 Å². The number of benzene rings is 1. The van der Waals surface area contributed by atoms with E-state index in [0.717, 1.165) is 57.8 Å². The molecule has 160 valence electrons. The first-order valence-corrected chi connectivity index (χ1v) is 11.2. The summed E-state index contributed by atoms with van der Waals surface area (Å²) in [6, 6.07) is 11.8. The van der Waals surface area contributed by atoms with Crippen LogP contribution in [0, 0.1) is 5.92 Å². The minimum atomic E-state index is 0.268. The van der Waals surface area contributed by atoms with E-state index in [0.29, 0.717) is 12.1 Å². The van der Waals surface area contributed by atoms with Crippen molar-refractivity contribution in [1.82, 2.24) is 20.0 Å². The van der Waals surface area contributed by atoms with E-state index in [1.807, 2.05) is 0 Å². The van der Waals surface area contributed by atoms with Crippen molar-refractivity contribution in [2.75, 3.05) is 53.4 Å². The molecule has 3 atom stereocenters. The molecule has 3 aliphatic rings. The Bertz CT molecular complexity index is 673. The number of nitrogens with zero attached hydrogens (tertiary/aromatic N) is 4. The second-order valence-corrected chi connectivity index (χ2v) is 8.90. The van der Waals surface area contributed by atoms with Crippen molar-refractivity contribution in [1.29, 1.82) is 0 Å². The summed E-state index contributed by atoms with van der Waals surface area (Å²) in [6.07, 6.45) is 2.97. The van der Waals surface area contributed by atoms with Crippen molar-refractivity contribution < 1.29 is 4.74 Å². The maximum atomic E-state index is 6.17. The molecule has 0 spiro atoms. The molecule has 1 saturated carbocycles. The van der Waals surface area contributed by atoms with Crippen LogP contribution in [0.3, 0.4) is 0 Å². The predicted octanol–water partition coefficient (Wildman–Crippen LogP) is 1.88. The van der Waals surface area contributed by atoms with E-state index in [1.54, 1.807) is 0 Å². The van der Waals surface area contributed by atoms with Crippen LogP contribution in [0.4, 0.5) is 0 Å². The fraction of sp³-hybridized carbons (Fsp3) is 0.696. The van der Waals surface area contributed by atoms with Gasteiger partial charge in [0.1, 0.15) is 0 Å². The monoisotopic (exact) mass is 399 g/mol. The van der Waals surface area contributed by atoms with Crippen LogP contribution in [0.5, 0.6) is 0 Å². The molecule has 1 aliphatic carbocycles. The molecule has 6 heteroatoms. The van der Waals surface area contributed by atoms with Crippen molar-refractivity contribution in [3.05, 3.63) is 35.9 Å². The summed E-state index contributed by atoms with van der Waals surface area (Å²) in [4.78, 5) is 12.4. The van der Waals surface area contributed by atoms with Crippen molar-refractivity contribution in [2.24, 2.45) is 10.9 Å². The number of fused-ring (bicyclic) bond motifs is 1. The lowest BCUT2D eigenvalue weighted by atomic mass is 10.1. The smallest absolute Gasteiger partial charge is 0.194 e. The third-order valence-electron chi connectivity index (χ3n) is 6.54. The molecule has 1 aromatic rings. The Morgan fingerprint density at radius 2 is 2.03 bits per heavy atom. The molecule has 2 aliphatic heterocycles. The molecular formula is C23H37N5O. The van der Waals surface area contributed by atoms with E-state index in [9.17, 15) is 0 Å². The largest absolute Gasteiger partial charge is 0.373 e. The molecular weight excluding hydrogens is 362 g/mol. The van der Waals surface area contributed by atoms with Crippen LogP contribution in [0.1, 0.15) is 25.3 Å². The van der Waals surface area contributed by atoms with Gasteiger partial charge in [0, 0.05) is 38.8 Å². The van der Waals surface area contributed by atoms with E-state index < -0.39 is 0 Å². The quantitative estimate of drug-likeness (QED) is 0.560. The minimum Gasteiger partial charge on any atom is -0.373 e. The van der Waals surface area contributed by atoms with E-state index in [4.69, 9.17) is 9.73 Å². The van der Waals surface area contributed by atoms with Crippen molar-refractivity contribution in [3.8, 4) is 0 Å². The zero-order chi connectivity index (χ0) is 20.2. The normalized spacial score (nSPS) is 26.6. The highest BCUT2D eigenvalue weighted by molar-refractivity contribution is 5.80. The van der Waals surface area contributed by atoms with Gasteiger partial charge in [-0.05, 0) is 45.3 Å². The third-order valence-corrected chi connectivity index (χ3v) is 6.54. The lowest BCUT2D eigenvalue weighted by Gasteiger charge is -2.36. The summed E-state index contributed by atoms with van der Waals surface area (Å²) in [5.74, 6) is 1.88. The maximum Gasteiger partial charge on any atom is 0.194 e. The molecule has 3 fully saturated rings. The van der Waals surface area contributed by atoms with Gasteiger partial charge >= 0.3 is 0 Å². The molecule has 2 heterocycles. The summed E-state index contributed by atoms with van der Waals surface area (Å²) in [7, 11) is 4.37. The summed E-state index contributed by atoms with van der Waals surface area (Å²) in [6.45, 7) is 8.66. The van der Waals surface area contributed by atoms with Gasteiger partial charge in [-0.3, -0.25) is 9.89 Å². The number of ether oxygens (including phenoxy) is 1. The standard InChI is InChI=1S/C23H37N5O/c1-4-24-23(25-14-20(26(2)3)19-10-11-19)28-16-21-22(17-28)29-13-12-27(21)15-18-8-6-5-7-9-18/h5-9,19-22H,4,10-17H2,1-3H3,(H,24,25). The van der Waals surface area contributed by atoms with Crippen LogP contribution in [-0.4, -0.2) is 92.3 Å². The highest BCUT2D eigenvalue weighted by Gasteiger charge is 2.41. The summed E-state index contributed by atoms with van der Waals surface area (Å²) >= 11 is 0. The van der Waals surface area contributed by atoms with Crippen LogP contribution in [0.25, 0.3) is 0 Å². The first-order chi connectivity index (χ1) is 14.2. The van der Waals surface area contributed by atoms with Crippen LogP contribution >= 0.6 is 0 Å². The highest BCUT2D eigenvalue weighted by atomic mass is 16.5. The van der Waals surface area contributed by atoms with Gasteiger partial charge in [-0.25, -0.2) is 0 Å². The summed E-state index contributed by atoms with van der Waals surface area (Å²) in [5.41, 5.74) is 1.38. The maximum absolute atomic E-state index is 6.17. The Balaban J connectivity index is 1.42. The van der Waals surface area contributed by atoms with Crippen molar-refractivity contribution in [3.63, 3.8) is 0 Å². The van der Waals surface area contributed by atoms with Crippen LogP contribution < -0.4 is 5.32 Å². The lowest BCUT2D eigenvalue weighted by molar-refractivity contribution is -0.0502. The number of rotatable bonds is 7. The molecule has 6 nitrogen and oxygen atoms in total. The molecule has 1 aromatic carbocycles. The van der Waals surface area contributed by atoms with Gasteiger partial charge in [0.25, 0.3) is 0 Å². The number of likely N-dealkylation sites (N-methyl/N-ethyl adjacent to an activating group) is 1. The number of hydrogen-bond acceptors (Lipinski definition) is 4. The first kappa shape index (κ1) is 20.6.